The van der Waals surface area contributed by atoms with Crippen LogP contribution in [0.4, 0.5) is 0 Å². The van der Waals surface area contributed by atoms with Crippen molar-refractivity contribution in [1.82, 2.24) is 5.43 Å². The number of hydrazone groups is 1. The molecule has 0 atom stereocenters. The topological polar surface area (TPSA) is 50.7 Å². The summed E-state index contributed by atoms with van der Waals surface area (Å²) in [4.78, 5) is 11.7. The summed E-state index contributed by atoms with van der Waals surface area (Å²) in [6.45, 7) is 6.34. The number of hydrogen-bond donors (Lipinski definition) is 1. The Morgan fingerprint density at radius 1 is 1.12 bits per heavy atom. The lowest BCUT2D eigenvalue weighted by atomic mass is 10.0. The maximum atomic E-state index is 11.7. The Kier molecular flexibility index (Phi) is 6.55. The van der Waals surface area contributed by atoms with E-state index >= 15 is 0 Å². The molecule has 4 nitrogen and oxygen atoms in total. The van der Waals surface area contributed by atoms with Crippen molar-refractivity contribution in [2.24, 2.45) is 5.10 Å². The van der Waals surface area contributed by atoms with Gasteiger partial charge < -0.3 is 4.74 Å². The highest BCUT2D eigenvalue weighted by Gasteiger charge is 2.02. The lowest BCUT2D eigenvalue weighted by molar-refractivity contribution is -0.123. The van der Waals surface area contributed by atoms with E-state index in [9.17, 15) is 4.79 Å². The van der Waals surface area contributed by atoms with Gasteiger partial charge in [-0.05, 0) is 41.2 Å². The van der Waals surface area contributed by atoms with E-state index in [1.54, 1.807) is 6.21 Å². The molecule has 126 valence electrons. The molecule has 2 aromatic rings. The minimum Gasteiger partial charge on any atom is -0.484 e. The van der Waals surface area contributed by atoms with E-state index in [-0.39, 0.29) is 12.5 Å². The lowest BCUT2D eigenvalue weighted by Gasteiger charge is -2.06. The van der Waals surface area contributed by atoms with Crippen LogP contribution in [-0.4, -0.2) is 18.7 Å². The third-order valence-corrected chi connectivity index (χ3v) is 3.71. The average Bonchev–Trinajstić information content (AvgIpc) is 2.61. The normalized spacial score (nSPS) is 11.0. The smallest absolute Gasteiger partial charge is 0.277 e. The second kappa shape index (κ2) is 8.87. The molecule has 0 spiro atoms. The van der Waals surface area contributed by atoms with Gasteiger partial charge in [0.1, 0.15) is 5.75 Å². The average molecular weight is 324 g/mol. The second-order valence-electron chi connectivity index (χ2n) is 5.90. The summed E-state index contributed by atoms with van der Waals surface area (Å²) in [6, 6.07) is 15.8. The summed E-state index contributed by atoms with van der Waals surface area (Å²) in [7, 11) is 0. The maximum absolute atomic E-state index is 11.7. The lowest BCUT2D eigenvalue weighted by Crippen LogP contribution is -2.24. The van der Waals surface area contributed by atoms with E-state index in [0.717, 1.165) is 12.0 Å². The first kappa shape index (κ1) is 17.7. The molecule has 24 heavy (non-hydrogen) atoms. The maximum Gasteiger partial charge on any atom is 0.277 e. The number of rotatable bonds is 7. The quantitative estimate of drug-likeness (QED) is 0.620. The highest BCUT2D eigenvalue weighted by Crippen LogP contribution is 2.14. The van der Waals surface area contributed by atoms with Crippen LogP contribution in [0.25, 0.3) is 0 Å². The molecule has 0 aromatic heterocycles. The molecule has 0 unspecified atom stereocenters. The molecule has 0 aliphatic heterocycles. The number of carbonyl (C=O) groups excluding carboxylic acids is 1. The minimum atomic E-state index is -0.287. The molecule has 0 aliphatic rings. The van der Waals surface area contributed by atoms with Crippen molar-refractivity contribution in [3.05, 3.63) is 65.2 Å². The van der Waals surface area contributed by atoms with Crippen molar-refractivity contribution in [2.75, 3.05) is 6.61 Å². The molecular formula is C20H24N2O2. The molecule has 0 heterocycles. The van der Waals surface area contributed by atoms with E-state index in [2.05, 4.69) is 43.4 Å². The molecule has 1 amide bonds. The van der Waals surface area contributed by atoms with Gasteiger partial charge in [0.05, 0.1) is 6.21 Å². The van der Waals surface area contributed by atoms with Gasteiger partial charge in [0.15, 0.2) is 6.61 Å². The van der Waals surface area contributed by atoms with Crippen molar-refractivity contribution >= 4 is 12.1 Å². The van der Waals surface area contributed by atoms with E-state index < -0.39 is 0 Å². The third kappa shape index (κ3) is 5.54. The van der Waals surface area contributed by atoms with Crippen LogP contribution in [0.5, 0.6) is 5.75 Å². The Balaban J connectivity index is 1.77. The Morgan fingerprint density at radius 2 is 1.79 bits per heavy atom. The first-order valence-electron chi connectivity index (χ1n) is 8.22. The Labute approximate surface area is 143 Å². The van der Waals surface area contributed by atoms with Crippen molar-refractivity contribution in [1.29, 1.82) is 0 Å². The van der Waals surface area contributed by atoms with Crippen LogP contribution in [0.1, 0.15) is 43.4 Å². The number of nitrogens with zero attached hydrogens (tertiary/aromatic N) is 1. The number of benzene rings is 2. The second-order valence-corrected chi connectivity index (χ2v) is 5.90. The minimum absolute atomic E-state index is 0.0604. The molecule has 2 rings (SSSR count). The standard InChI is InChI=1S/C20H24N2O2/c1-4-16-7-11-19(12-8-16)24-14-20(23)22-21-13-17-5-9-18(10-6-17)15(2)3/h5-13,15H,4,14H2,1-3H3,(H,22,23). The zero-order valence-electron chi connectivity index (χ0n) is 14.5. The van der Waals surface area contributed by atoms with Gasteiger partial charge in [-0.2, -0.15) is 5.10 Å². The predicted octanol–water partition coefficient (Wildman–Crippen LogP) is 3.90. The molecule has 0 saturated heterocycles. The Morgan fingerprint density at radius 3 is 2.38 bits per heavy atom. The molecule has 0 saturated carbocycles. The fourth-order valence-corrected chi connectivity index (χ4v) is 2.15. The highest BCUT2D eigenvalue weighted by atomic mass is 16.5. The zero-order chi connectivity index (χ0) is 17.4. The summed E-state index contributed by atoms with van der Waals surface area (Å²) in [5.74, 6) is 0.888. The van der Waals surface area contributed by atoms with Crippen LogP contribution in [0.2, 0.25) is 0 Å². The molecule has 0 fully saturated rings. The first-order chi connectivity index (χ1) is 11.6. The summed E-state index contributed by atoms with van der Waals surface area (Å²) in [6.07, 6.45) is 2.60. The van der Waals surface area contributed by atoms with Crippen LogP contribution >= 0.6 is 0 Å². The molecule has 0 bridgehead atoms. The number of aryl methyl sites for hydroxylation is 1. The summed E-state index contributed by atoms with van der Waals surface area (Å²) < 4.78 is 5.43. The molecule has 2 aromatic carbocycles. The van der Waals surface area contributed by atoms with Crippen LogP contribution in [-0.2, 0) is 11.2 Å². The Hall–Kier alpha value is -2.62. The van der Waals surface area contributed by atoms with Crippen molar-refractivity contribution in [2.45, 2.75) is 33.1 Å². The molecule has 1 N–H and O–H groups in total. The molecule has 4 heteroatoms. The molecular weight excluding hydrogens is 300 g/mol. The van der Waals surface area contributed by atoms with Crippen molar-refractivity contribution in [3.63, 3.8) is 0 Å². The highest BCUT2D eigenvalue weighted by molar-refractivity contribution is 5.82. The summed E-state index contributed by atoms with van der Waals surface area (Å²) in [5.41, 5.74) is 5.92. The largest absolute Gasteiger partial charge is 0.484 e. The van der Waals surface area contributed by atoms with E-state index in [1.165, 1.54) is 11.1 Å². The van der Waals surface area contributed by atoms with Crippen molar-refractivity contribution in [3.8, 4) is 5.75 Å². The van der Waals surface area contributed by atoms with Gasteiger partial charge in [0.2, 0.25) is 0 Å². The molecule has 0 aliphatic carbocycles. The Bertz CT molecular complexity index is 674. The van der Waals surface area contributed by atoms with E-state index in [0.29, 0.717) is 11.7 Å². The number of hydrogen-bond acceptors (Lipinski definition) is 3. The van der Waals surface area contributed by atoms with Crippen LogP contribution in [0.3, 0.4) is 0 Å². The first-order valence-corrected chi connectivity index (χ1v) is 8.22. The van der Waals surface area contributed by atoms with Gasteiger partial charge in [0.25, 0.3) is 5.91 Å². The number of carbonyl (C=O) groups is 1. The van der Waals surface area contributed by atoms with Gasteiger partial charge in [-0.3, -0.25) is 4.79 Å². The summed E-state index contributed by atoms with van der Waals surface area (Å²) in [5, 5.41) is 3.95. The van der Waals surface area contributed by atoms with Crippen molar-refractivity contribution < 1.29 is 9.53 Å². The van der Waals surface area contributed by atoms with Gasteiger partial charge >= 0.3 is 0 Å². The van der Waals surface area contributed by atoms with Gasteiger partial charge in [0, 0.05) is 0 Å². The van der Waals surface area contributed by atoms with E-state index in [4.69, 9.17) is 4.74 Å². The number of nitrogens with one attached hydrogen (secondary N) is 1. The summed E-state index contributed by atoms with van der Waals surface area (Å²) >= 11 is 0. The molecule has 0 radical (unpaired) electrons. The third-order valence-electron chi connectivity index (χ3n) is 3.71. The monoisotopic (exact) mass is 324 g/mol. The van der Waals surface area contributed by atoms with Gasteiger partial charge in [-0.25, -0.2) is 5.43 Å². The SMILES string of the molecule is CCc1ccc(OCC(=O)NN=Cc2ccc(C(C)C)cc2)cc1. The van der Waals surface area contributed by atoms with Gasteiger partial charge in [-0.15, -0.1) is 0 Å². The fourth-order valence-electron chi connectivity index (χ4n) is 2.15. The fraction of sp³-hybridized carbons (Fsp3) is 0.300. The van der Waals surface area contributed by atoms with Crippen LogP contribution in [0.15, 0.2) is 53.6 Å². The van der Waals surface area contributed by atoms with Gasteiger partial charge in [-0.1, -0.05) is 57.2 Å². The van der Waals surface area contributed by atoms with E-state index in [1.807, 2.05) is 36.4 Å². The van der Waals surface area contributed by atoms with Crippen LogP contribution in [0, 0.1) is 0 Å². The zero-order valence-corrected chi connectivity index (χ0v) is 14.5. The van der Waals surface area contributed by atoms with Crippen LogP contribution < -0.4 is 10.2 Å². The number of ether oxygens (including phenoxy) is 1. The predicted molar refractivity (Wildman–Crippen MR) is 97.6 cm³/mol. The number of amides is 1.